The molecule has 0 saturated heterocycles. The van der Waals surface area contributed by atoms with Gasteiger partial charge >= 0.3 is 0 Å². The van der Waals surface area contributed by atoms with Crippen molar-refractivity contribution in [3.05, 3.63) is 94.3 Å². The molecule has 0 saturated carbocycles. The third-order valence-electron chi connectivity index (χ3n) is 5.76. The Hall–Kier alpha value is -3.64. The number of aromatic nitrogens is 1. The highest BCUT2D eigenvalue weighted by molar-refractivity contribution is 7.10. The number of rotatable bonds is 8. The summed E-state index contributed by atoms with van der Waals surface area (Å²) in [6.45, 7) is 3.22. The number of anilines is 1. The van der Waals surface area contributed by atoms with E-state index >= 15 is 0 Å². The molecule has 0 spiro atoms. The fraction of sp³-hybridized carbons (Fsp3) is 0.214. The second-order valence-electron chi connectivity index (χ2n) is 8.32. The van der Waals surface area contributed by atoms with Crippen molar-refractivity contribution in [3.63, 3.8) is 0 Å². The number of hydrogen-bond acceptors (Lipinski definition) is 5. The van der Waals surface area contributed by atoms with Gasteiger partial charge in [0.05, 0.1) is 23.0 Å². The maximum Gasteiger partial charge on any atom is 0.265 e. The van der Waals surface area contributed by atoms with Crippen LogP contribution in [0.25, 0.3) is 11.3 Å². The van der Waals surface area contributed by atoms with Gasteiger partial charge in [0.25, 0.3) is 5.91 Å². The molecule has 1 aliphatic heterocycles. The molecule has 4 aromatic rings. The molecule has 0 bridgehead atoms. The Bertz CT molecular complexity index is 1270. The molecular formula is C28H26N2O3S. The molecule has 2 heterocycles. The zero-order valence-electron chi connectivity index (χ0n) is 19.1. The van der Waals surface area contributed by atoms with Gasteiger partial charge in [0.2, 0.25) is 0 Å². The van der Waals surface area contributed by atoms with Gasteiger partial charge in [0, 0.05) is 23.9 Å². The fourth-order valence-electron chi connectivity index (χ4n) is 3.95. The molecule has 34 heavy (non-hydrogen) atoms. The quantitative estimate of drug-likeness (QED) is 0.301. The van der Waals surface area contributed by atoms with Gasteiger partial charge in [-0.15, -0.1) is 11.3 Å². The lowest BCUT2D eigenvalue weighted by molar-refractivity contribution is -0.121. The molecule has 0 N–H and O–H groups in total. The summed E-state index contributed by atoms with van der Waals surface area (Å²) in [4.78, 5) is 19.3. The first-order chi connectivity index (χ1) is 16.7. The van der Waals surface area contributed by atoms with E-state index in [9.17, 15) is 4.79 Å². The van der Waals surface area contributed by atoms with Crippen LogP contribution >= 0.6 is 11.3 Å². The lowest BCUT2D eigenvalue weighted by Gasteiger charge is -2.29. The molecule has 0 aliphatic carbocycles. The maximum atomic E-state index is 12.7. The van der Waals surface area contributed by atoms with Crippen molar-refractivity contribution in [2.24, 2.45) is 0 Å². The first kappa shape index (κ1) is 22.2. The van der Waals surface area contributed by atoms with Crippen LogP contribution in [0.5, 0.6) is 11.5 Å². The molecule has 0 radical (unpaired) electrons. The van der Waals surface area contributed by atoms with Crippen LogP contribution in [-0.4, -0.2) is 30.6 Å². The maximum absolute atomic E-state index is 12.7. The number of benzene rings is 3. The Labute approximate surface area is 203 Å². The summed E-state index contributed by atoms with van der Waals surface area (Å²) in [5.74, 6) is 1.53. The average Bonchev–Trinajstić information content (AvgIpc) is 3.33. The third-order valence-corrected chi connectivity index (χ3v) is 6.61. The van der Waals surface area contributed by atoms with E-state index in [0.717, 1.165) is 46.3 Å². The first-order valence-corrected chi connectivity index (χ1v) is 12.3. The molecular weight excluding hydrogens is 444 g/mol. The number of thiazole rings is 1. The highest BCUT2D eigenvalue weighted by Crippen LogP contribution is 2.36. The second-order valence-corrected chi connectivity index (χ2v) is 9.26. The van der Waals surface area contributed by atoms with Crippen LogP contribution in [-0.2, 0) is 11.2 Å². The van der Waals surface area contributed by atoms with Crippen LogP contribution < -0.4 is 14.4 Å². The highest BCUT2D eigenvalue weighted by Gasteiger charge is 2.26. The minimum Gasteiger partial charge on any atom is -0.494 e. The van der Waals surface area contributed by atoms with Crippen molar-refractivity contribution in [3.8, 4) is 22.8 Å². The van der Waals surface area contributed by atoms with Crippen molar-refractivity contribution in [2.45, 2.75) is 19.8 Å². The van der Waals surface area contributed by atoms with E-state index in [1.807, 2.05) is 60.7 Å². The Balaban J connectivity index is 1.27. The van der Waals surface area contributed by atoms with Crippen LogP contribution in [0, 0.1) is 6.92 Å². The summed E-state index contributed by atoms with van der Waals surface area (Å²) >= 11 is 1.65. The molecule has 6 heteroatoms. The SMILES string of the molecule is Cc1ccc(OCCCN2C(=O)COc3ccc(-c4csc(Cc5ccccc5)n4)cc32)cc1. The van der Waals surface area contributed by atoms with Crippen LogP contribution in [0.4, 0.5) is 5.69 Å². The van der Waals surface area contributed by atoms with Gasteiger partial charge < -0.3 is 14.4 Å². The van der Waals surface area contributed by atoms with Crippen LogP contribution in [0.3, 0.4) is 0 Å². The summed E-state index contributed by atoms with van der Waals surface area (Å²) in [7, 11) is 0. The molecule has 5 rings (SSSR count). The van der Waals surface area contributed by atoms with E-state index in [-0.39, 0.29) is 12.5 Å². The molecule has 0 unspecified atom stereocenters. The minimum atomic E-state index is -0.0389. The van der Waals surface area contributed by atoms with E-state index in [4.69, 9.17) is 14.5 Å². The van der Waals surface area contributed by atoms with Crippen LogP contribution in [0.2, 0.25) is 0 Å². The van der Waals surface area contributed by atoms with Gasteiger partial charge in [-0.05, 0) is 49.2 Å². The van der Waals surface area contributed by atoms with E-state index in [2.05, 4.69) is 24.4 Å². The van der Waals surface area contributed by atoms with Crippen molar-refractivity contribution in [1.29, 1.82) is 0 Å². The van der Waals surface area contributed by atoms with Gasteiger partial charge in [-0.25, -0.2) is 4.98 Å². The largest absolute Gasteiger partial charge is 0.494 e. The number of aryl methyl sites for hydroxylation is 1. The molecule has 5 nitrogen and oxygen atoms in total. The Morgan fingerprint density at radius 1 is 1.06 bits per heavy atom. The smallest absolute Gasteiger partial charge is 0.265 e. The van der Waals surface area contributed by atoms with Crippen molar-refractivity contribution < 1.29 is 14.3 Å². The lowest BCUT2D eigenvalue weighted by Crippen LogP contribution is -2.39. The predicted molar refractivity (Wildman–Crippen MR) is 136 cm³/mol. The monoisotopic (exact) mass is 470 g/mol. The number of carbonyl (C=O) groups is 1. The molecule has 1 aromatic heterocycles. The van der Waals surface area contributed by atoms with Crippen molar-refractivity contribution >= 4 is 22.9 Å². The second kappa shape index (κ2) is 10.1. The molecule has 1 amide bonds. The molecule has 1 aliphatic rings. The average molecular weight is 471 g/mol. The van der Waals surface area contributed by atoms with E-state index in [1.54, 1.807) is 16.2 Å². The summed E-state index contributed by atoms with van der Waals surface area (Å²) in [5.41, 5.74) is 5.13. The number of hydrogen-bond donors (Lipinski definition) is 0. The number of nitrogens with zero attached hydrogens (tertiary/aromatic N) is 2. The van der Waals surface area contributed by atoms with Gasteiger partial charge in [-0.2, -0.15) is 0 Å². The Kier molecular flexibility index (Phi) is 6.58. The number of fused-ring (bicyclic) bond motifs is 1. The van der Waals surface area contributed by atoms with E-state index < -0.39 is 0 Å². The van der Waals surface area contributed by atoms with E-state index in [0.29, 0.717) is 13.2 Å². The normalized spacial score (nSPS) is 12.9. The molecule has 3 aromatic carbocycles. The summed E-state index contributed by atoms with van der Waals surface area (Å²) in [6, 6.07) is 24.3. The highest BCUT2D eigenvalue weighted by atomic mass is 32.1. The van der Waals surface area contributed by atoms with Crippen LogP contribution in [0.15, 0.2) is 78.2 Å². The third kappa shape index (κ3) is 5.13. The van der Waals surface area contributed by atoms with Crippen molar-refractivity contribution in [2.75, 3.05) is 24.7 Å². The molecule has 172 valence electrons. The molecule has 0 atom stereocenters. The zero-order valence-corrected chi connectivity index (χ0v) is 19.9. The zero-order chi connectivity index (χ0) is 23.3. The molecule has 0 fully saturated rings. The van der Waals surface area contributed by atoms with Gasteiger partial charge in [0.15, 0.2) is 6.61 Å². The standard InChI is InChI=1S/C28H26N2O3S/c1-20-8-11-23(12-9-20)32-15-5-14-30-25-17-22(10-13-26(25)33-18-28(30)31)24-19-34-27(29-24)16-21-6-3-2-4-7-21/h2-4,6-13,17,19H,5,14-16,18H2,1H3. The number of amides is 1. The summed E-state index contributed by atoms with van der Waals surface area (Å²) < 4.78 is 11.5. The minimum absolute atomic E-state index is 0.0389. The summed E-state index contributed by atoms with van der Waals surface area (Å²) in [5, 5.41) is 3.14. The summed E-state index contributed by atoms with van der Waals surface area (Å²) in [6.07, 6.45) is 1.53. The number of ether oxygens (including phenoxy) is 2. The Morgan fingerprint density at radius 2 is 1.88 bits per heavy atom. The van der Waals surface area contributed by atoms with Gasteiger partial charge in [-0.3, -0.25) is 4.79 Å². The lowest BCUT2D eigenvalue weighted by atomic mass is 10.1. The first-order valence-electron chi connectivity index (χ1n) is 11.4. The topological polar surface area (TPSA) is 51.7 Å². The fourth-order valence-corrected chi connectivity index (χ4v) is 4.79. The Morgan fingerprint density at radius 3 is 2.71 bits per heavy atom. The number of carbonyl (C=O) groups excluding carboxylic acids is 1. The predicted octanol–water partition coefficient (Wildman–Crippen LogP) is 5.90. The van der Waals surface area contributed by atoms with E-state index in [1.165, 1.54) is 11.1 Å². The van der Waals surface area contributed by atoms with Gasteiger partial charge in [-0.1, -0.05) is 48.0 Å². The van der Waals surface area contributed by atoms with Gasteiger partial charge in [0.1, 0.15) is 11.5 Å². The van der Waals surface area contributed by atoms with Crippen molar-refractivity contribution in [1.82, 2.24) is 4.98 Å². The van der Waals surface area contributed by atoms with Crippen LogP contribution in [0.1, 0.15) is 22.6 Å².